The van der Waals surface area contributed by atoms with Crippen LogP contribution in [0.2, 0.25) is 0 Å². The van der Waals surface area contributed by atoms with Crippen molar-refractivity contribution in [1.29, 1.82) is 0 Å². The highest BCUT2D eigenvalue weighted by atomic mass is 79.9. The van der Waals surface area contributed by atoms with Gasteiger partial charge >= 0.3 is 7.12 Å². The molecule has 0 aliphatic carbocycles. The van der Waals surface area contributed by atoms with E-state index in [0.717, 1.165) is 99.8 Å². The van der Waals surface area contributed by atoms with Crippen LogP contribution in [0.3, 0.4) is 0 Å². The van der Waals surface area contributed by atoms with Gasteiger partial charge in [0, 0.05) is 86.1 Å². The van der Waals surface area contributed by atoms with Crippen LogP contribution < -0.4 is 5.46 Å². The third-order valence-corrected chi connectivity index (χ3v) is 16.4. The van der Waals surface area contributed by atoms with E-state index in [0.29, 0.717) is 5.46 Å². The molecule has 0 aliphatic heterocycles. The molecule has 6 aromatic heterocycles. The molecule has 10 aromatic carbocycles. The second-order valence-electron chi connectivity index (χ2n) is 21.2. The normalized spacial score (nSPS) is 11.3. The van der Waals surface area contributed by atoms with E-state index in [1.807, 2.05) is 60.9 Å². The van der Waals surface area contributed by atoms with Crippen molar-refractivity contribution in [3.8, 4) is 67.8 Å². The average molecular weight is 1180 g/mol. The van der Waals surface area contributed by atoms with Crippen LogP contribution in [-0.4, -0.2) is 55.4 Å². The first-order valence-corrected chi connectivity index (χ1v) is 29.2. The molecule has 0 spiro atoms. The third kappa shape index (κ3) is 10.1. The Balaban J connectivity index is 0.000000134. The number of halogens is 1. The number of pyridine rings is 2. The summed E-state index contributed by atoms with van der Waals surface area (Å²) in [6.07, 6.45) is 3.68. The Kier molecular flexibility index (Phi) is 14.3. The fourth-order valence-electron chi connectivity index (χ4n) is 11.8. The second-order valence-corrected chi connectivity index (χ2v) is 22.1. The maximum absolute atomic E-state index is 8.58. The number of hydrogen-bond donors (Lipinski definition) is 2. The number of hydrogen-bond acceptors (Lipinski definition) is 6. The molecule has 0 saturated carbocycles. The first-order valence-electron chi connectivity index (χ1n) is 28.4. The number of imidazole rings is 2. The van der Waals surface area contributed by atoms with Crippen LogP contribution in [0.25, 0.3) is 133 Å². The Morgan fingerprint density at radius 2 is 0.791 bits per heavy atom. The quantitative estimate of drug-likeness (QED) is 0.147. The molecule has 412 valence electrons. The Hall–Kier alpha value is -10.5. The third-order valence-electron chi connectivity index (χ3n) is 15.9. The largest absolute Gasteiger partial charge is 0.488 e. The molecule has 0 saturated heterocycles. The zero-order valence-electron chi connectivity index (χ0n) is 47.0. The van der Waals surface area contributed by atoms with E-state index in [4.69, 9.17) is 20.0 Å². The molecular weight excluding hydrogens is 1120 g/mol. The van der Waals surface area contributed by atoms with Gasteiger partial charge in [-0.15, -0.1) is 0 Å². The molecule has 0 atom stereocenters. The summed E-state index contributed by atoms with van der Waals surface area (Å²) in [7, 11) is 2.83. The van der Waals surface area contributed by atoms with Crippen molar-refractivity contribution in [3.63, 3.8) is 0 Å². The van der Waals surface area contributed by atoms with Crippen LogP contribution in [0.4, 0.5) is 0 Å². The van der Waals surface area contributed by atoms with Gasteiger partial charge in [0.15, 0.2) is 0 Å². The number of para-hydroxylation sites is 4. The van der Waals surface area contributed by atoms with E-state index in [9.17, 15) is 0 Å². The molecule has 12 heteroatoms. The summed E-state index contributed by atoms with van der Waals surface area (Å²) in [5.41, 5.74) is 20.3. The second kappa shape index (κ2) is 22.9. The minimum Gasteiger partial charge on any atom is -0.423 e. The van der Waals surface area contributed by atoms with Gasteiger partial charge in [-0.3, -0.25) is 9.97 Å². The fourth-order valence-corrected chi connectivity index (χ4v) is 12.1. The summed E-state index contributed by atoms with van der Waals surface area (Å²) >= 11 is 3.68. The van der Waals surface area contributed by atoms with E-state index >= 15 is 0 Å². The fraction of sp³-hybridized carbons (Fsp3) is 0.0270. The van der Waals surface area contributed by atoms with Crippen LogP contribution >= 0.6 is 15.9 Å². The van der Waals surface area contributed by atoms with Gasteiger partial charge in [0.25, 0.3) is 0 Å². The molecule has 16 rings (SSSR count). The molecule has 0 fully saturated rings. The topological polar surface area (TPSA) is 112 Å². The molecule has 0 unspecified atom stereocenters. The van der Waals surface area contributed by atoms with E-state index in [-0.39, 0.29) is 0 Å². The molecule has 86 heavy (non-hydrogen) atoms. The van der Waals surface area contributed by atoms with Crippen LogP contribution in [0, 0.1) is 0 Å². The van der Waals surface area contributed by atoms with Crippen LogP contribution in [0.5, 0.6) is 0 Å². The van der Waals surface area contributed by atoms with Crippen molar-refractivity contribution < 1.29 is 10.0 Å². The Bertz CT molecular complexity index is 5140. The van der Waals surface area contributed by atoms with Crippen LogP contribution in [0.1, 0.15) is 0 Å². The maximum Gasteiger partial charge on any atom is 0.488 e. The highest BCUT2D eigenvalue weighted by Crippen LogP contribution is 2.40. The number of fused-ring (bicyclic) bond motifs is 8. The zero-order valence-corrected chi connectivity index (χ0v) is 48.6. The van der Waals surface area contributed by atoms with Gasteiger partial charge in [0.1, 0.15) is 11.6 Å². The molecule has 0 bridgehead atoms. The summed E-state index contributed by atoms with van der Waals surface area (Å²) < 4.78 is 10.1. The summed E-state index contributed by atoms with van der Waals surface area (Å²) in [5.74, 6) is 1.91. The van der Waals surface area contributed by atoms with Crippen molar-refractivity contribution in [2.24, 2.45) is 14.1 Å². The highest BCUT2D eigenvalue weighted by molar-refractivity contribution is 9.10. The van der Waals surface area contributed by atoms with Crippen molar-refractivity contribution in [3.05, 3.63) is 284 Å². The van der Waals surface area contributed by atoms with Gasteiger partial charge in [-0.25, -0.2) is 9.97 Å². The van der Waals surface area contributed by atoms with E-state index < -0.39 is 7.12 Å². The lowest BCUT2D eigenvalue weighted by molar-refractivity contribution is 0.426. The molecule has 0 aliphatic rings. The lowest BCUT2D eigenvalue weighted by Gasteiger charge is -2.11. The lowest BCUT2D eigenvalue weighted by atomic mass is 9.81. The maximum atomic E-state index is 8.58. The lowest BCUT2D eigenvalue weighted by Crippen LogP contribution is -2.29. The molecular formula is C74H54BBrN8O2. The standard InChI is InChI=1S/C37H26N4.C31H21BrN4.C6H7BO2/c1-40-35-16-6-5-15-33(35)39-37(40)28-17-19-30-31-23-26(25-10-3-2-4-11-25)18-20-34(31)41(36(30)24-28)29-13-9-12-27(22-29)32-14-7-8-21-38-32;1-35-29-11-3-2-10-27(29)34-31(35)21-12-14-24-25-19-22(32)13-15-28(25)36(30(24)18-21)23-8-6-7-20(17-23)26-9-4-5-16-33-26;8-7(9)6-4-2-1-3-5-6/h2-24H,1H3;2-19H,1H3;1-5,8-9H. The molecule has 0 radical (unpaired) electrons. The minimum absolute atomic E-state index is 0.525. The summed E-state index contributed by atoms with van der Waals surface area (Å²) in [6.45, 7) is 0. The predicted molar refractivity (Wildman–Crippen MR) is 357 cm³/mol. The van der Waals surface area contributed by atoms with Gasteiger partial charge < -0.3 is 28.3 Å². The monoisotopic (exact) mass is 1180 g/mol. The Morgan fingerprint density at radius 1 is 0.337 bits per heavy atom. The van der Waals surface area contributed by atoms with Crippen LogP contribution in [-0.2, 0) is 14.1 Å². The predicted octanol–water partition coefficient (Wildman–Crippen LogP) is 16.6. The van der Waals surface area contributed by atoms with Crippen molar-refractivity contribution in [2.75, 3.05) is 0 Å². The Labute approximate surface area is 505 Å². The van der Waals surface area contributed by atoms with Gasteiger partial charge in [0.05, 0.1) is 55.5 Å². The van der Waals surface area contributed by atoms with Gasteiger partial charge in [-0.1, -0.05) is 168 Å². The minimum atomic E-state index is -1.34. The van der Waals surface area contributed by atoms with Gasteiger partial charge in [0.2, 0.25) is 0 Å². The van der Waals surface area contributed by atoms with Gasteiger partial charge in [-0.05, 0) is 132 Å². The summed E-state index contributed by atoms with van der Waals surface area (Å²) in [6, 6.07) is 91.8. The molecule has 16 aromatic rings. The first kappa shape index (κ1) is 53.5. The molecule has 10 nitrogen and oxygen atoms in total. The number of rotatable bonds is 8. The van der Waals surface area contributed by atoms with E-state index in [2.05, 4.69) is 252 Å². The Morgan fingerprint density at radius 3 is 1.28 bits per heavy atom. The number of benzene rings is 10. The smallest absolute Gasteiger partial charge is 0.423 e. The number of aromatic nitrogens is 8. The highest BCUT2D eigenvalue weighted by Gasteiger charge is 2.20. The zero-order chi connectivity index (χ0) is 58.3. The van der Waals surface area contributed by atoms with Gasteiger partial charge in [-0.2, -0.15) is 0 Å². The van der Waals surface area contributed by atoms with Crippen molar-refractivity contribution >= 4 is 94.2 Å². The summed E-state index contributed by atoms with van der Waals surface area (Å²) in [5, 5.41) is 22.0. The van der Waals surface area contributed by atoms with Crippen molar-refractivity contribution in [2.45, 2.75) is 0 Å². The molecule has 6 heterocycles. The SMILES string of the molecule is Cn1c(-c2ccc3c4cc(-c5ccccc5)ccc4n(-c4cccc(-c5ccccn5)c4)c3c2)nc2ccccc21.Cn1c(-c2ccc3c4cc(Br)ccc4n(-c4cccc(-c5ccccn5)c4)c3c2)nc2ccccc21.OB(O)c1ccccc1. The number of nitrogens with zero attached hydrogens (tertiary/aromatic N) is 8. The van der Waals surface area contributed by atoms with Crippen molar-refractivity contribution in [1.82, 2.24) is 38.2 Å². The van der Waals surface area contributed by atoms with Crippen LogP contribution in [0.15, 0.2) is 284 Å². The summed E-state index contributed by atoms with van der Waals surface area (Å²) in [4.78, 5) is 19.1. The van der Waals surface area contributed by atoms with E-state index in [1.165, 1.54) is 38.2 Å². The first-order chi connectivity index (χ1) is 42.2. The van der Waals surface area contributed by atoms with E-state index in [1.54, 1.807) is 24.3 Å². The molecule has 0 amide bonds. The number of aryl methyl sites for hydroxylation is 2. The molecule has 2 N–H and O–H groups in total. The average Bonchev–Trinajstić information content (AvgIpc) is 1.68.